The number of benzene rings is 3. The van der Waals surface area contributed by atoms with E-state index in [1.54, 1.807) is 24.3 Å². The summed E-state index contributed by atoms with van der Waals surface area (Å²) in [4.78, 5) is 15.1. The predicted octanol–water partition coefficient (Wildman–Crippen LogP) is 5.17. The van der Waals surface area contributed by atoms with Crippen molar-refractivity contribution in [3.8, 4) is 0 Å². The van der Waals surface area contributed by atoms with Crippen LogP contribution in [-0.4, -0.2) is 17.4 Å². The molecule has 0 aliphatic carbocycles. The Kier molecular flexibility index (Phi) is 5.59. The zero-order valence-corrected chi connectivity index (χ0v) is 15.4. The van der Waals surface area contributed by atoms with E-state index in [2.05, 4.69) is 0 Å². The molecular formula is C22H21ClN2O. The van der Waals surface area contributed by atoms with Gasteiger partial charge >= 0.3 is 0 Å². The van der Waals surface area contributed by atoms with E-state index in [1.165, 1.54) is 0 Å². The molecule has 0 aromatic heterocycles. The molecule has 0 aliphatic heterocycles. The van der Waals surface area contributed by atoms with Crippen molar-refractivity contribution in [1.82, 2.24) is 4.90 Å². The molecule has 3 aromatic rings. The molecule has 0 aliphatic rings. The highest BCUT2D eigenvalue weighted by Crippen LogP contribution is 2.30. The minimum Gasteiger partial charge on any atom is -0.399 e. The van der Waals surface area contributed by atoms with Crippen molar-refractivity contribution in [2.75, 3.05) is 12.3 Å². The molecule has 0 saturated carbocycles. The Labute approximate surface area is 159 Å². The van der Waals surface area contributed by atoms with E-state index in [4.69, 9.17) is 17.3 Å². The van der Waals surface area contributed by atoms with Crippen molar-refractivity contribution in [2.45, 2.75) is 13.0 Å². The first-order valence-electron chi connectivity index (χ1n) is 8.57. The molecule has 0 fully saturated rings. The van der Waals surface area contributed by atoms with E-state index in [0.29, 0.717) is 22.8 Å². The predicted molar refractivity (Wildman–Crippen MR) is 107 cm³/mol. The second-order valence-corrected chi connectivity index (χ2v) is 6.51. The molecule has 0 radical (unpaired) electrons. The van der Waals surface area contributed by atoms with Gasteiger partial charge in [-0.1, -0.05) is 54.1 Å². The number of halogens is 1. The number of carbonyl (C=O) groups excluding carboxylic acids is 1. The quantitative estimate of drug-likeness (QED) is 0.634. The van der Waals surface area contributed by atoms with Crippen molar-refractivity contribution < 1.29 is 4.79 Å². The Morgan fingerprint density at radius 3 is 2.08 bits per heavy atom. The Morgan fingerprint density at radius 1 is 0.923 bits per heavy atom. The largest absolute Gasteiger partial charge is 0.399 e. The van der Waals surface area contributed by atoms with Crippen molar-refractivity contribution in [2.24, 2.45) is 0 Å². The zero-order valence-electron chi connectivity index (χ0n) is 14.6. The standard InChI is InChI=1S/C22H21ClN2O/c1-2-25(22(26)18-10-14-20(24)15-11-18)21(16-6-4-3-5-7-16)17-8-12-19(23)13-9-17/h3-15,21H,2,24H2,1H3/t21-/m1/s1. The average Bonchev–Trinajstić information content (AvgIpc) is 2.68. The van der Waals surface area contributed by atoms with Crippen molar-refractivity contribution in [3.05, 3.63) is 101 Å². The van der Waals surface area contributed by atoms with Gasteiger partial charge in [0.05, 0.1) is 6.04 Å². The van der Waals surface area contributed by atoms with Gasteiger partial charge in [0.1, 0.15) is 0 Å². The van der Waals surface area contributed by atoms with Gasteiger partial charge in [0.25, 0.3) is 5.91 Å². The summed E-state index contributed by atoms with van der Waals surface area (Å²) in [6.45, 7) is 2.56. The van der Waals surface area contributed by atoms with Crippen LogP contribution >= 0.6 is 11.6 Å². The van der Waals surface area contributed by atoms with Crippen LogP contribution in [0.15, 0.2) is 78.9 Å². The lowest BCUT2D eigenvalue weighted by molar-refractivity contribution is 0.0717. The maximum absolute atomic E-state index is 13.2. The fraction of sp³-hybridized carbons (Fsp3) is 0.136. The van der Waals surface area contributed by atoms with Gasteiger partial charge in [-0.15, -0.1) is 0 Å². The van der Waals surface area contributed by atoms with Gasteiger partial charge in [0.15, 0.2) is 0 Å². The van der Waals surface area contributed by atoms with Crippen molar-refractivity contribution in [3.63, 3.8) is 0 Å². The molecule has 0 spiro atoms. The van der Waals surface area contributed by atoms with Crippen LogP contribution in [0.3, 0.4) is 0 Å². The molecule has 4 heteroatoms. The van der Waals surface area contributed by atoms with Crippen molar-refractivity contribution >= 4 is 23.2 Å². The molecule has 3 nitrogen and oxygen atoms in total. The fourth-order valence-corrected chi connectivity index (χ4v) is 3.19. The van der Waals surface area contributed by atoms with Crippen LogP contribution in [-0.2, 0) is 0 Å². The van der Waals surface area contributed by atoms with Crippen LogP contribution in [0.2, 0.25) is 5.02 Å². The lowest BCUT2D eigenvalue weighted by Gasteiger charge is -2.32. The van der Waals surface area contributed by atoms with Gasteiger partial charge in [0, 0.05) is 22.8 Å². The third-order valence-electron chi connectivity index (χ3n) is 4.37. The number of amides is 1. The Hall–Kier alpha value is -2.78. The normalized spacial score (nSPS) is 11.8. The lowest BCUT2D eigenvalue weighted by atomic mass is 9.96. The topological polar surface area (TPSA) is 46.3 Å². The molecule has 0 saturated heterocycles. The van der Waals surface area contributed by atoms with E-state index >= 15 is 0 Å². The summed E-state index contributed by atoms with van der Waals surface area (Å²) in [6, 6.07) is 24.5. The van der Waals surface area contributed by atoms with Crippen LogP contribution in [0.1, 0.15) is 34.5 Å². The maximum atomic E-state index is 13.2. The Morgan fingerprint density at radius 2 is 1.50 bits per heavy atom. The summed E-state index contributed by atoms with van der Waals surface area (Å²) in [5.41, 5.74) is 9.09. The molecular weight excluding hydrogens is 344 g/mol. The van der Waals surface area contributed by atoms with Crippen LogP contribution < -0.4 is 5.73 Å². The van der Waals surface area contributed by atoms with Crippen LogP contribution in [0, 0.1) is 0 Å². The summed E-state index contributed by atoms with van der Waals surface area (Å²) in [7, 11) is 0. The van der Waals surface area contributed by atoms with Gasteiger partial charge in [-0.2, -0.15) is 0 Å². The highest BCUT2D eigenvalue weighted by molar-refractivity contribution is 6.30. The number of rotatable bonds is 5. The summed E-state index contributed by atoms with van der Waals surface area (Å²) in [5, 5.41) is 0.675. The van der Waals surface area contributed by atoms with Crippen LogP contribution in [0.5, 0.6) is 0 Å². The fourth-order valence-electron chi connectivity index (χ4n) is 3.07. The highest BCUT2D eigenvalue weighted by Gasteiger charge is 2.26. The summed E-state index contributed by atoms with van der Waals surface area (Å²) in [6.07, 6.45) is 0. The average molecular weight is 365 g/mol. The van der Waals surface area contributed by atoms with Crippen LogP contribution in [0.25, 0.3) is 0 Å². The third kappa shape index (κ3) is 3.89. The molecule has 0 unspecified atom stereocenters. The van der Waals surface area contributed by atoms with E-state index < -0.39 is 0 Å². The number of anilines is 1. The van der Waals surface area contributed by atoms with E-state index in [-0.39, 0.29) is 11.9 Å². The molecule has 0 bridgehead atoms. The van der Waals surface area contributed by atoms with E-state index in [9.17, 15) is 4.79 Å². The molecule has 3 rings (SSSR count). The second kappa shape index (κ2) is 8.07. The SMILES string of the molecule is CCN(C(=O)c1ccc(N)cc1)[C@H](c1ccccc1)c1ccc(Cl)cc1. The van der Waals surface area contributed by atoms with Crippen molar-refractivity contribution in [1.29, 1.82) is 0 Å². The molecule has 3 aromatic carbocycles. The molecule has 2 N–H and O–H groups in total. The molecule has 1 amide bonds. The molecule has 132 valence electrons. The molecule has 0 heterocycles. The Balaban J connectivity index is 2.05. The summed E-state index contributed by atoms with van der Waals surface area (Å²) >= 11 is 6.06. The highest BCUT2D eigenvalue weighted by atomic mass is 35.5. The minimum atomic E-state index is -0.191. The first-order valence-corrected chi connectivity index (χ1v) is 8.95. The number of nitrogens with zero attached hydrogens (tertiary/aromatic N) is 1. The number of nitrogen functional groups attached to an aromatic ring is 1. The van der Waals surface area contributed by atoms with E-state index in [1.807, 2.05) is 66.4 Å². The number of hydrogen-bond acceptors (Lipinski definition) is 2. The van der Waals surface area contributed by atoms with Gasteiger partial charge in [-0.25, -0.2) is 0 Å². The number of hydrogen-bond donors (Lipinski definition) is 1. The first kappa shape index (κ1) is 18.0. The first-order chi connectivity index (χ1) is 12.6. The maximum Gasteiger partial charge on any atom is 0.254 e. The summed E-state index contributed by atoms with van der Waals surface area (Å²) < 4.78 is 0. The lowest BCUT2D eigenvalue weighted by Crippen LogP contribution is -2.35. The zero-order chi connectivity index (χ0) is 18.5. The smallest absolute Gasteiger partial charge is 0.254 e. The van der Waals surface area contributed by atoms with Gasteiger partial charge in [-0.05, 0) is 54.4 Å². The molecule has 1 atom stereocenters. The minimum absolute atomic E-state index is 0.0312. The number of carbonyl (C=O) groups is 1. The third-order valence-corrected chi connectivity index (χ3v) is 4.62. The summed E-state index contributed by atoms with van der Waals surface area (Å²) in [5.74, 6) is -0.0312. The van der Waals surface area contributed by atoms with Gasteiger partial charge in [0.2, 0.25) is 0 Å². The van der Waals surface area contributed by atoms with Gasteiger partial charge in [-0.3, -0.25) is 4.79 Å². The van der Waals surface area contributed by atoms with Gasteiger partial charge < -0.3 is 10.6 Å². The second-order valence-electron chi connectivity index (χ2n) is 6.08. The molecule has 26 heavy (non-hydrogen) atoms. The van der Waals surface area contributed by atoms with Crippen LogP contribution in [0.4, 0.5) is 5.69 Å². The van der Waals surface area contributed by atoms with E-state index in [0.717, 1.165) is 11.1 Å². The monoisotopic (exact) mass is 364 g/mol. The Bertz CT molecular complexity index is 861. The number of nitrogens with two attached hydrogens (primary N) is 1.